The van der Waals surface area contributed by atoms with E-state index in [1.807, 2.05) is 6.92 Å². The summed E-state index contributed by atoms with van der Waals surface area (Å²) in [7, 11) is 0. The van der Waals surface area contributed by atoms with Gasteiger partial charge >= 0.3 is 5.97 Å². The Hall–Kier alpha value is -2.57. The molecule has 2 aromatic heterocycles. The number of ether oxygens (including phenoxy) is 1. The summed E-state index contributed by atoms with van der Waals surface area (Å²) in [5, 5.41) is 3.12. The van der Waals surface area contributed by atoms with Gasteiger partial charge in [-0.15, -0.1) is 0 Å². The molecule has 0 aliphatic rings. The molecule has 21 heavy (non-hydrogen) atoms. The molecule has 2 heterocycles. The smallest absolute Gasteiger partial charge is 0.341 e. The molecular formula is C14H17N5O2. The molecule has 0 saturated carbocycles. The maximum absolute atomic E-state index is 11.7. The lowest BCUT2D eigenvalue weighted by Crippen LogP contribution is -2.14. The number of aryl methyl sites for hydroxylation is 1. The number of nitrogens with one attached hydrogen (secondary N) is 1. The summed E-state index contributed by atoms with van der Waals surface area (Å²) in [5.74, 6) is 0.0160. The van der Waals surface area contributed by atoms with E-state index in [0.29, 0.717) is 23.8 Å². The van der Waals surface area contributed by atoms with E-state index in [2.05, 4.69) is 25.3 Å². The summed E-state index contributed by atoms with van der Waals surface area (Å²) in [6.07, 6.45) is 6.39. The molecule has 1 N–H and O–H groups in total. The number of aromatic nitrogens is 4. The molecule has 0 amide bonds. The maximum Gasteiger partial charge on any atom is 0.341 e. The monoisotopic (exact) mass is 287 g/mol. The highest BCUT2D eigenvalue weighted by Gasteiger charge is 2.14. The van der Waals surface area contributed by atoms with Crippen molar-refractivity contribution in [1.29, 1.82) is 0 Å². The summed E-state index contributed by atoms with van der Waals surface area (Å²) in [5.41, 5.74) is 1.72. The van der Waals surface area contributed by atoms with Gasteiger partial charge in [-0.3, -0.25) is 9.97 Å². The molecule has 2 rings (SSSR count). The van der Waals surface area contributed by atoms with E-state index in [4.69, 9.17) is 4.74 Å². The van der Waals surface area contributed by atoms with Crippen LogP contribution in [-0.2, 0) is 4.74 Å². The zero-order valence-corrected chi connectivity index (χ0v) is 12.2. The average Bonchev–Trinajstić information content (AvgIpc) is 2.48. The van der Waals surface area contributed by atoms with E-state index >= 15 is 0 Å². The Morgan fingerprint density at radius 1 is 1.33 bits per heavy atom. The van der Waals surface area contributed by atoms with E-state index < -0.39 is 5.97 Å². The fourth-order valence-electron chi connectivity index (χ4n) is 1.75. The van der Waals surface area contributed by atoms with Crippen LogP contribution in [0.2, 0.25) is 0 Å². The number of rotatable bonds is 5. The van der Waals surface area contributed by atoms with Crippen molar-refractivity contribution in [2.45, 2.75) is 26.8 Å². The van der Waals surface area contributed by atoms with Crippen molar-refractivity contribution in [1.82, 2.24) is 19.9 Å². The minimum absolute atomic E-state index is 0.0912. The lowest BCUT2D eigenvalue weighted by atomic mass is 10.2. The molecule has 0 spiro atoms. The van der Waals surface area contributed by atoms with Crippen molar-refractivity contribution in [2.75, 3.05) is 11.9 Å². The molecule has 0 bridgehead atoms. The Morgan fingerprint density at radius 3 is 2.76 bits per heavy atom. The van der Waals surface area contributed by atoms with Crippen molar-refractivity contribution in [3.8, 4) is 0 Å². The normalized spacial score (nSPS) is 11.8. The molecule has 2 aromatic rings. The van der Waals surface area contributed by atoms with E-state index in [-0.39, 0.29) is 6.04 Å². The predicted octanol–water partition coefficient (Wildman–Crippen LogP) is 1.92. The lowest BCUT2D eigenvalue weighted by Gasteiger charge is -2.13. The molecule has 0 unspecified atom stereocenters. The standard InChI is InChI=1S/C14H17N5O2/c1-4-21-13(20)11-7-17-14(18-9(11)2)19-10(3)12-8-15-5-6-16-12/h5-8,10H,4H2,1-3H3,(H,17,18,19)/t10-/m0/s1. The summed E-state index contributed by atoms with van der Waals surface area (Å²) < 4.78 is 4.94. The van der Waals surface area contributed by atoms with Crippen molar-refractivity contribution < 1.29 is 9.53 Å². The van der Waals surface area contributed by atoms with Crippen LogP contribution in [-0.4, -0.2) is 32.5 Å². The Bertz CT molecular complexity index is 618. The molecule has 110 valence electrons. The Balaban J connectivity index is 2.12. The van der Waals surface area contributed by atoms with Crippen LogP contribution in [0.3, 0.4) is 0 Å². The number of anilines is 1. The van der Waals surface area contributed by atoms with Gasteiger partial charge in [-0.25, -0.2) is 14.8 Å². The molecule has 0 aliphatic carbocycles. The first-order chi connectivity index (χ1) is 10.1. The molecule has 0 fully saturated rings. The van der Waals surface area contributed by atoms with Gasteiger partial charge in [-0.05, 0) is 20.8 Å². The molecule has 0 saturated heterocycles. The van der Waals surface area contributed by atoms with E-state index in [1.165, 1.54) is 6.20 Å². The van der Waals surface area contributed by atoms with Crippen LogP contribution in [0.25, 0.3) is 0 Å². The average molecular weight is 287 g/mol. The van der Waals surface area contributed by atoms with E-state index in [1.54, 1.807) is 32.4 Å². The van der Waals surface area contributed by atoms with Gasteiger partial charge in [0.05, 0.1) is 35.8 Å². The van der Waals surface area contributed by atoms with Crippen molar-refractivity contribution in [2.24, 2.45) is 0 Å². The van der Waals surface area contributed by atoms with Gasteiger partial charge in [0.25, 0.3) is 0 Å². The third-order valence-corrected chi connectivity index (χ3v) is 2.85. The van der Waals surface area contributed by atoms with Gasteiger partial charge in [0.15, 0.2) is 0 Å². The van der Waals surface area contributed by atoms with E-state index in [9.17, 15) is 4.79 Å². The number of hydrogen-bond donors (Lipinski definition) is 1. The summed E-state index contributed by atoms with van der Waals surface area (Å²) >= 11 is 0. The van der Waals surface area contributed by atoms with Gasteiger partial charge in [0, 0.05) is 18.6 Å². The van der Waals surface area contributed by atoms with Crippen LogP contribution in [0.5, 0.6) is 0 Å². The lowest BCUT2D eigenvalue weighted by molar-refractivity contribution is 0.0524. The largest absolute Gasteiger partial charge is 0.462 e. The third-order valence-electron chi connectivity index (χ3n) is 2.85. The highest BCUT2D eigenvalue weighted by molar-refractivity contribution is 5.90. The SMILES string of the molecule is CCOC(=O)c1cnc(N[C@@H](C)c2cnccn2)nc1C. The summed E-state index contributed by atoms with van der Waals surface area (Å²) in [6, 6.07) is -0.0912. The molecule has 1 atom stereocenters. The second kappa shape index (κ2) is 6.74. The summed E-state index contributed by atoms with van der Waals surface area (Å²) in [6.45, 7) is 5.75. The second-order valence-electron chi connectivity index (χ2n) is 4.41. The molecule has 7 nitrogen and oxygen atoms in total. The van der Waals surface area contributed by atoms with Crippen molar-refractivity contribution >= 4 is 11.9 Å². The minimum atomic E-state index is -0.413. The fourth-order valence-corrected chi connectivity index (χ4v) is 1.75. The van der Waals surface area contributed by atoms with Gasteiger partial charge in [0.2, 0.25) is 5.95 Å². The van der Waals surface area contributed by atoms with Crippen LogP contribution in [0.1, 0.15) is 41.6 Å². The number of nitrogens with zero attached hydrogens (tertiary/aromatic N) is 4. The number of carbonyl (C=O) groups excluding carboxylic acids is 1. The van der Waals surface area contributed by atoms with Crippen LogP contribution >= 0.6 is 0 Å². The van der Waals surface area contributed by atoms with Crippen LogP contribution < -0.4 is 5.32 Å². The highest BCUT2D eigenvalue weighted by atomic mass is 16.5. The van der Waals surface area contributed by atoms with E-state index in [0.717, 1.165) is 5.69 Å². The van der Waals surface area contributed by atoms with Gasteiger partial charge in [-0.1, -0.05) is 0 Å². The quantitative estimate of drug-likeness (QED) is 0.840. The van der Waals surface area contributed by atoms with Crippen LogP contribution in [0.4, 0.5) is 5.95 Å². The Labute approximate surface area is 122 Å². The van der Waals surface area contributed by atoms with Gasteiger partial charge in [0.1, 0.15) is 0 Å². The first kappa shape index (κ1) is 14.8. The topological polar surface area (TPSA) is 89.9 Å². The first-order valence-corrected chi connectivity index (χ1v) is 6.65. The number of carbonyl (C=O) groups is 1. The molecule has 0 radical (unpaired) electrons. The molecule has 0 aromatic carbocycles. The van der Waals surface area contributed by atoms with Gasteiger partial charge in [-0.2, -0.15) is 0 Å². The Kier molecular flexibility index (Phi) is 4.76. The zero-order chi connectivity index (χ0) is 15.2. The fraction of sp³-hybridized carbons (Fsp3) is 0.357. The number of hydrogen-bond acceptors (Lipinski definition) is 7. The highest BCUT2D eigenvalue weighted by Crippen LogP contribution is 2.15. The van der Waals surface area contributed by atoms with Crippen molar-refractivity contribution in [3.05, 3.63) is 41.7 Å². The predicted molar refractivity (Wildman–Crippen MR) is 76.8 cm³/mol. The third kappa shape index (κ3) is 3.71. The first-order valence-electron chi connectivity index (χ1n) is 6.65. The van der Waals surface area contributed by atoms with Gasteiger partial charge < -0.3 is 10.1 Å². The number of esters is 1. The zero-order valence-electron chi connectivity index (χ0n) is 12.2. The molecule has 7 heteroatoms. The maximum atomic E-state index is 11.7. The van der Waals surface area contributed by atoms with Crippen molar-refractivity contribution in [3.63, 3.8) is 0 Å². The Morgan fingerprint density at radius 2 is 2.14 bits per heavy atom. The van der Waals surface area contributed by atoms with Crippen LogP contribution in [0, 0.1) is 6.92 Å². The minimum Gasteiger partial charge on any atom is -0.462 e. The van der Waals surface area contributed by atoms with Crippen LogP contribution in [0.15, 0.2) is 24.8 Å². The summed E-state index contributed by atoms with van der Waals surface area (Å²) in [4.78, 5) is 28.3. The molecular weight excluding hydrogens is 270 g/mol. The molecule has 0 aliphatic heterocycles. The second-order valence-corrected chi connectivity index (χ2v) is 4.41.